The molecule has 4 rings (SSSR count). The summed E-state index contributed by atoms with van der Waals surface area (Å²) in [5.74, 6) is 1.18. The molecule has 2 aromatic rings. The van der Waals surface area contributed by atoms with Gasteiger partial charge in [0.05, 0.1) is 24.0 Å². The molecule has 0 atom stereocenters. The lowest BCUT2D eigenvalue weighted by Gasteiger charge is -2.15. The quantitative estimate of drug-likeness (QED) is 0.536. The highest BCUT2D eigenvalue weighted by Crippen LogP contribution is 2.30. The van der Waals surface area contributed by atoms with Gasteiger partial charge < -0.3 is 11.1 Å². The van der Waals surface area contributed by atoms with Gasteiger partial charge in [0.1, 0.15) is 0 Å². The first kappa shape index (κ1) is 19.4. The van der Waals surface area contributed by atoms with Crippen LogP contribution in [0.1, 0.15) is 57.1 Å². The summed E-state index contributed by atoms with van der Waals surface area (Å²) in [7, 11) is 0. The van der Waals surface area contributed by atoms with Gasteiger partial charge in [-0.05, 0) is 55.4 Å². The van der Waals surface area contributed by atoms with Crippen molar-refractivity contribution in [2.45, 2.75) is 57.8 Å². The van der Waals surface area contributed by atoms with Crippen LogP contribution in [0.5, 0.6) is 0 Å². The van der Waals surface area contributed by atoms with E-state index in [1.807, 2.05) is 30.3 Å². The molecule has 0 radical (unpaired) electrons. The summed E-state index contributed by atoms with van der Waals surface area (Å²) in [5, 5.41) is 3.01. The Bertz CT molecular complexity index is 936. The molecule has 150 valence electrons. The largest absolute Gasteiger partial charge is 0.399 e. The molecule has 29 heavy (non-hydrogen) atoms. The molecule has 1 amide bonds. The van der Waals surface area contributed by atoms with Crippen molar-refractivity contribution in [1.29, 1.82) is 0 Å². The molecule has 5 heteroatoms. The van der Waals surface area contributed by atoms with Crippen LogP contribution in [0.15, 0.2) is 47.8 Å². The summed E-state index contributed by atoms with van der Waals surface area (Å²) in [5.41, 5.74) is 13.5. The summed E-state index contributed by atoms with van der Waals surface area (Å²) in [6, 6.07) is 7.65. The number of aromatic nitrogens is 2. The normalized spacial score (nSPS) is 16.6. The first-order chi connectivity index (χ1) is 14.2. The van der Waals surface area contributed by atoms with Crippen LogP contribution in [-0.2, 0) is 11.2 Å². The Morgan fingerprint density at radius 3 is 2.69 bits per heavy atom. The van der Waals surface area contributed by atoms with Crippen molar-refractivity contribution >= 4 is 17.4 Å². The maximum atomic E-state index is 12.6. The predicted octanol–water partition coefficient (Wildman–Crippen LogP) is 5.05. The second-order valence-electron chi connectivity index (χ2n) is 8.10. The number of amides is 1. The molecule has 1 heterocycles. The smallest absolute Gasteiger partial charge is 0.230 e. The molecular formula is C24H28N4O. The molecule has 1 saturated carbocycles. The van der Waals surface area contributed by atoms with Crippen molar-refractivity contribution in [3.05, 3.63) is 53.5 Å². The van der Waals surface area contributed by atoms with Crippen LogP contribution in [0.3, 0.4) is 0 Å². The fourth-order valence-electron chi connectivity index (χ4n) is 4.17. The maximum absolute atomic E-state index is 12.6. The molecule has 3 N–H and O–H groups in total. The Balaban J connectivity index is 1.56. The van der Waals surface area contributed by atoms with Gasteiger partial charge in [-0.2, -0.15) is 0 Å². The Kier molecular flexibility index (Phi) is 6.06. The van der Waals surface area contributed by atoms with Crippen molar-refractivity contribution in [3.8, 4) is 11.3 Å². The highest BCUT2D eigenvalue weighted by molar-refractivity contribution is 5.92. The third kappa shape index (κ3) is 5.12. The van der Waals surface area contributed by atoms with Crippen LogP contribution in [-0.4, -0.2) is 15.9 Å². The van der Waals surface area contributed by atoms with Crippen molar-refractivity contribution in [2.24, 2.45) is 5.92 Å². The summed E-state index contributed by atoms with van der Waals surface area (Å²) < 4.78 is 0. The highest BCUT2D eigenvalue weighted by Gasteiger charge is 2.20. The third-order valence-electron chi connectivity index (χ3n) is 5.77. The molecule has 2 aliphatic carbocycles. The minimum Gasteiger partial charge on any atom is -0.399 e. The molecule has 0 bridgehead atoms. The van der Waals surface area contributed by atoms with E-state index in [2.05, 4.69) is 16.0 Å². The summed E-state index contributed by atoms with van der Waals surface area (Å²) in [4.78, 5) is 22.1. The van der Waals surface area contributed by atoms with Crippen molar-refractivity contribution in [1.82, 2.24) is 9.97 Å². The van der Waals surface area contributed by atoms with Gasteiger partial charge in [0.15, 0.2) is 5.82 Å². The fourth-order valence-corrected chi connectivity index (χ4v) is 4.17. The average Bonchev–Trinajstić information content (AvgIpc) is 3.24. The van der Waals surface area contributed by atoms with Crippen LogP contribution >= 0.6 is 0 Å². The van der Waals surface area contributed by atoms with Crippen molar-refractivity contribution in [3.63, 3.8) is 0 Å². The van der Waals surface area contributed by atoms with E-state index in [4.69, 9.17) is 10.7 Å². The van der Waals surface area contributed by atoms with E-state index in [-0.39, 0.29) is 5.91 Å². The number of nitrogens with two attached hydrogens (primary N) is 1. The third-order valence-corrected chi connectivity index (χ3v) is 5.77. The van der Waals surface area contributed by atoms with Crippen LogP contribution in [0.25, 0.3) is 11.3 Å². The molecule has 0 aliphatic heterocycles. The summed E-state index contributed by atoms with van der Waals surface area (Å²) >= 11 is 0. The van der Waals surface area contributed by atoms with E-state index in [1.165, 1.54) is 25.7 Å². The summed E-state index contributed by atoms with van der Waals surface area (Å²) in [6.45, 7) is 0. The number of nitrogen functional groups attached to an aromatic ring is 1. The molecule has 0 spiro atoms. The first-order valence-corrected chi connectivity index (χ1v) is 10.6. The van der Waals surface area contributed by atoms with Crippen LogP contribution < -0.4 is 11.1 Å². The van der Waals surface area contributed by atoms with Gasteiger partial charge >= 0.3 is 0 Å². The number of hydrogen-bond acceptors (Lipinski definition) is 4. The van der Waals surface area contributed by atoms with E-state index in [1.54, 1.807) is 6.20 Å². The van der Waals surface area contributed by atoms with Gasteiger partial charge in [-0.1, -0.05) is 37.8 Å². The molecule has 1 aromatic heterocycles. The van der Waals surface area contributed by atoms with Gasteiger partial charge in [-0.25, -0.2) is 9.97 Å². The lowest BCUT2D eigenvalue weighted by Crippen LogP contribution is -2.17. The average molecular weight is 389 g/mol. The van der Waals surface area contributed by atoms with Gasteiger partial charge in [0.2, 0.25) is 5.91 Å². The molecule has 1 aromatic carbocycles. The number of hydrogen-bond donors (Lipinski definition) is 2. The zero-order valence-electron chi connectivity index (χ0n) is 16.8. The number of nitrogens with zero attached hydrogens (tertiary/aromatic N) is 2. The Morgan fingerprint density at radius 2 is 1.97 bits per heavy atom. The fraction of sp³-hybridized carbons (Fsp3) is 0.417. The first-order valence-electron chi connectivity index (χ1n) is 10.6. The van der Waals surface area contributed by atoms with Gasteiger partial charge in [0.25, 0.3) is 0 Å². The number of nitrogens with one attached hydrogen (secondary N) is 1. The predicted molar refractivity (Wildman–Crippen MR) is 116 cm³/mol. The Morgan fingerprint density at radius 1 is 1.17 bits per heavy atom. The van der Waals surface area contributed by atoms with E-state index in [9.17, 15) is 4.79 Å². The maximum Gasteiger partial charge on any atom is 0.230 e. The standard InChI is InChI=1S/C24H28N4O/c25-20-12-10-19(11-13-20)22-16-26-24(21(27-22)14-17-8-4-5-9-17)28-23(29)15-18-6-2-1-3-7-18/h2,10-13,16-17H,1,3-5,7-9,14-15,25H2,(H,26,28,29). The number of rotatable bonds is 6. The second kappa shape index (κ2) is 9.06. The monoisotopic (exact) mass is 388 g/mol. The van der Waals surface area contributed by atoms with Gasteiger partial charge in [-0.15, -0.1) is 5.73 Å². The van der Waals surface area contributed by atoms with E-state index in [0.717, 1.165) is 53.9 Å². The minimum absolute atomic E-state index is 0.0370. The SMILES string of the molecule is Nc1ccc(-c2cnc(NC(=O)CC3=C=CCCC3)c(CC3CCCC3)n2)cc1. The lowest BCUT2D eigenvalue weighted by molar-refractivity contribution is -0.115. The number of carbonyl (C=O) groups is 1. The van der Waals surface area contributed by atoms with Gasteiger partial charge in [0, 0.05) is 11.3 Å². The molecule has 0 saturated heterocycles. The van der Waals surface area contributed by atoms with Crippen molar-refractivity contribution in [2.75, 3.05) is 11.1 Å². The lowest BCUT2D eigenvalue weighted by atomic mass is 10.0. The minimum atomic E-state index is -0.0370. The molecule has 1 fully saturated rings. The molecule has 0 unspecified atom stereocenters. The van der Waals surface area contributed by atoms with Gasteiger partial charge in [-0.3, -0.25) is 4.79 Å². The van der Waals surface area contributed by atoms with E-state index < -0.39 is 0 Å². The zero-order chi connectivity index (χ0) is 20.1. The Labute approximate surface area is 172 Å². The number of anilines is 2. The van der Waals surface area contributed by atoms with E-state index in [0.29, 0.717) is 18.2 Å². The van der Waals surface area contributed by atoms with Crippen LogP contribution in [0.2, 0.25) is 0 Å². The summed E-state index contributed by atoms with van der Waals surface area (Å²) in [6.07, 6.45) is 13.1. The second-order valence-corrected chi connectivity index (χ2v) is 8.10. The number of benzene rings is 1. The van der Waals surface area contributed by atoms with E-state index >= 15 is 0 Å². The molecule has 5 nitrogen and oxygen atoms in total. The Hall–Kier alpha value is -2.91. The topological polar surface area (TPSA) is 80.9 Å². The number of carbonyl (C=O) groups excluding carboxylic acids is 1. The molecular weight excluding hydrogens is 360 g/mol. The zero-order valence-corrected chi connectivity index (χ0v) is 16.8. The van der Waals surface area contributed by atoms with Crippen molar-refractivity contribution < 1.29 is 4.79 Å². The molecule has 2 aliphatic rings. The van der Waals surface area contributed by atoms with Crippen LogP contribution in [0.4, 0.5) is 11.5 Å². The van der Waals surface area contributed by atoms with Crippen LogP contribution in [0, 0.1) is 5.92 Å². The highest BCUT2D eigenvalue weighted by atomic mass is 16.1.